The van der Waals surface area contributed by atoms with Gasteiger partial charge in [-0.2, -0.15) is 0 Å². The van der Waals surface area contributed by atoms with Gasteiger partial charge in [0.15, 0.2) is 0 Å². The molecule has 0 bridgehead atoms. The first kappa shape index (κ1) is 12.4. The van der Waals surface area contributed by atoms with Crippen molar-refractivity contribution >= 4 is 11.4 Å². The van der Waals surface area contributed by atoms with Gasteiger partial charge in [0.1, 0.15) is 0 Å². The van der Waals surface area contributed by atoms with Crippen molar-refractivity contribution in [1.82, 2.24) is 10.2 Å². The lowest BCUT2D eigenvalue weighted by molar-refractivity contribution is -0.384. The van der Waals surface area contributed by atoms with Crippen molar-refractivity contribution < 1.29 is 4.92 Å². The number of hydrogen-bond acceptors (Lipinski definition) is 5. The van der Waals surface area contributed by atoms with Crippen molar-refractivity contribution in [2.75, 3.05) is 44.2 Å². The van der Waals surface area contributed by atoms with Gasteiger partial charge in [-0.15, -0.1) is 0 Å². The lowest BCUT2D eigenvalue weighted by Crippen LogP contribution is -2.61. The zero-order chi connectivity index (χ0) is 13.2. The number of nitrogens with zero attached hydrogens (tertiary/aromatic N) is 3. The Morgan fingerprint density at radius 3 is 2.53 bits per heavy atom. The smallest absolute Gasteiger partial charge is 0.271 e. The topological polar surface area (TPSA) is 61.7 Å². The van der Waals surface area contributed by atoms with Crippen LogP contribution in [0.3, 0.4) is 0 Å². The van der Waals surface area contributed by atoms with E-state index >= 15 is 0 Å². The van der Waals surface area contributed by atoms with E-state index in [4.69, 9.17) is 0 Å². The Balaban J connectivity index is 1.64. The molecular formula is C13H18N4O2. The molecule has 0 radical (unpaired) electrons. The molecule has 1 aromatic rings. The number of non-ortho nitro benzene ring substituents is 1. The van der Waals surface area contributed by atoms with Gasteiger partial charge in [-0.1, -0.05) is 6.07 Å². The lowest BCUT2D eigenvalue weighted by atomic mass is 10.1. The Labute approximate surface area is 112 Å². The van der Waals surface area contributed by atoms with Crippen molar-refractivity contribution in [3.05, 3.63) is 34.4 Å². The second kappa shape index (κ2) is 5.14. The van der Waals surface area contributed by atoms with Gasteiger partial charge in [-0.3, -0.25) is 15.0 Å². The third kappa shape index (κ3) is 2.54. The van der Waals surface area contributed by atoms with Crippen LogP contribution in [0.2, 0.25) is 0 Å². The van der Waals surface area contributed by atoms with Gasteiger partial charge in [-0.05, 0) is 6.07 Å². The molecule has 102 valence electrons. The quantitative estimate of drug-likeness (QED) is 0.641. The Morgan fingerprint density at radius 1 is 1.21 bits per heavy atom. The molecule has 6 heteroatoms. The molecule has 0 saturated carbocycles. The first-order valence-electron chi connectivity index (χ1n) is 6.68. The van der Waals surface area contributed by atoms with E-state index in [0.717, 1.165) is 45.0 Å². The molecule has 2 fully saturated rings. The molecule has 0 spiro atoms. The highest BCUT2D eigenvalue weighted by atomic mass is 16.6. The summed E-state index contributed by atoms with van der Waals surface area (Å²) < 4.78 is 0. The summed E-state index contributed by atoms with van der Waals surface area (Å²) in [4.78, 5) is 15.2. The SMILES string of the molecule is O=[N+]([O-])c1cccc(N2CCN(C3CNC3)CC2)c1. The number of piperazine rings is 1. The first-order chi connectivity index (χ1) is 9.24. The second-order valence-electron chi connectivity index (χ2n) is 5.11. The molecule has 0 unspecified atom stereocenters. The predicted molar refractivity (Wildman–Crippen MR) is 73.5 cm³/mol. The van der Waals surface area contributed by atoms with Crippen LogP contribution >= 0.6 is 0 Å². The van der Waals surface area contributed by atoms with E-state index in [2.05, 4.69) is 15.1 Å². The molecule has 3 rings (SSSR count). The van der Waals surface area contributed by atoms with Gasteiger partial charge in [0.2, 0.25) is 0 Å². The van der Waals surface area contributed by atoms with Gasteiger partial charge in [0, 0.05) is 63.1 Å². The molecule has 2 aliphatic rings. The van der Waals surface area contributed by atoms with Gasteiger partial charge in [-0.25, -0.2) is 0 Å². The highest BCUT2D eigenvalue weighted by Gasteiger charge is 2.27. The maximum absolute atomic E-state index is 10.8. The van der Waals surface area contributed by atoms with Crippen LogP contribution in [0, 0.1) is 10.1 Å². The van der Waals surface area contributed by atoms with Crippen LogP contribution in [0.25, 0.3) is 0 Å². The number of nitro groups is 1. The summed E-state index contributed by atoms with van der Waals surface area (Å²) in [6.45, 7) is 6.15. The largest absolute Gasteiger partial charge is 0.369 e. The molecular weight excluding hydrogens is 244 g/mol. The minimum absolute atomic E-state index is 0.170. The number of benzene rings is 1. The van der Waals surface area contributed by atoms with Crippen LogP contribution in [-0.2, 0) is 0 Å². The molecule has 1 N–H and O–H groups in total. The van der Waals surface area contributed by atoms with Gasteiger partial charge < -0.3 is 10.2 Å². The fraction of sp³-hybridized carbons (Fsp3) is 0.538. The van der Waals surface area contributed by atoms with E-state index in [1.807, 2.05) is 6.07 Å². The van der Waals surface area contributed by atoms with Crippen LogP contribution in [0.5, 0.6) is 0 Å². The summed E-state index contributed by atoms with van der Waals surface area (Å²) in [5.74, 6) is 0. The molecule has 0 aliphatic carbocycles. The maximum atomic E-state index is 10.8. The number of anilines is 1. The van der Waals surface area contributed by atoms with Crippen molar-refractivity contribution in [2.45, 2.75) is 6.04 Å². The van der Waals surface area contributed by atoms with E-state index in [-0.39, 0.29) is 10.6 Å². The summed E-state index contributed by atoms with van der Waals surface area (Å²) in [5, 5.41) is 14.1. The molecule has 0 amide bonds. The number of nitrogens with one attached hydrogen (secondary N) is 1. The zero-order valence-corrected chi connectivity index (χ0v) is 10.8. The average molecular weight is 262 g/mol. The summed E-state index contributed by atoms with van der Waals surface area (Å²) >= 11 is 0. The monoisotopic (exact) mass is 262 g/mol. The minimum Gasteiger partial charge on any atom is -0.369 e. The predicted octanol–water partition coefficient (Wildman–Crippen LogP) is 0.689. The van der Waals surface area contributed by atoms with E-state index in [1.54, 1.807) is 18.2 Å². The fourth-order valence-corrected chi connectivity index (χ4v) is 2.68. The molecule has 2 saturated heterocycles. The van der Waals surface area contributed by atoms with Gasteiger partial charge in [0.05, 0.1) is 4.92 Å². The zero-order valence-electron chi connectivity index (χ0n) is 10.8. The molecule has 19 heavy (non-hydrogen) atoms. The van der Waals surface area contributed by atoms with Crippen molar-refractivity contribution in [2.24, 2.45) is 0 Å². The molecule has 0 aromatic heterocycles. The Kier molecular flexibility index (Phi) is 3.35. The summed E-state index contributed by atoms with van der Waals surface area (Å²) in [7, 11) is 0. The maximum Gasteiger partial charge on any atom is 0.271 e. The van der Waals surface area contributed by atoms with E-state index in [0.29, 0.717) is 6.04 Å². The first-order valence-corrected chi connectivity index (χ1v) is 6.68. The van der Waals surface area contributed by atoms with Crippen LogP contribution in [-0.4, -0.2) is 55.1 Å². The summed E-state index contributed by atoms with van der Waals surface area (Å²) in [6, 6.07) is 7.61. The van der Waals surface area contributed by atoms with E-state index in [9.17, 15) is 10.1 Å². The van der Waals surface area contributed by atoms with Crippen LogP contribution in [0.15, 0.2) is 24.3 Å². The Hall–Kier alpha value is -1.66. The number of nitro benzene ring substituents is 1. The lowest BCUT2D eigenvalue weighted by Gasteiger charge is -2.43. The molecule has 2 aliphatic heterocycles. The number of rotatable bonds is 3. The van der Waals surface area contributed by atoms with E-state index in [1.165, 1.54) is 0 Å². The minimum atomic E-state index is -0.334. The van der Waals surface area contributed by atoms with Crippen LogP contribution in [0.4, 0.5) is 11.4 Å². The standard InChI is InChI=1S/C13H18N4O2/c18-17(19)12-3-1-2-11(8-12)15-4-6-16(7-5-15)13-9-14-10-13/h1-3,8,13-14H,4-7,9-10H2. The average Bonchev–Trinajstić information content (AvgIpc) is 2.38. The molecule has 1 aromatic carbocycles. The van der Waals surface area contributed by atoms with Gasteiger partial charge in [0.25, 0.3) is 5.69 Å². The second-order valence-corrected chi connectivity index (χ2v) is 5.11. The highest BCUT2D eigenvalue weighted by molar-refractivity contribution is 5.53. The highest BCUT2D eigenvalue weighted by Crippen LogP contribution is 2.22. The normalized spacial score (nSPS) is 21.2. The third-order valence-corrected chi connectivity index (χ3v) is 4.00. The third-order valence-electron chi connectivity index (χ3n) is 4.00. The summed E-state index contributed by atoms with van der Waals surface area (Å²) in [6.07, 6.45) is 0. The van der Waals surface area contributed by atoms with Gasteiger partial charge >= 0.3 is 0 Å². The van der Waals surface area contributed by atoms with Crippen LogP contribution < -0.4 is 10.2 Å². The van der Waals surface area contributed by atoms with Crippen LogP contribution in [0.1, 0.15) is 0 Å². The summed E-state index contributed by atoms with van der Waals surface area (Å²) in [5.41, 5.74) is 1.13. The molecule has 0 atom stereocenters. The Bertz CT molecular complexity index is 467. The Morgan fingerprint density at radius 2 is 1.95 bits per heavy atom. The fourth-order valence-electron chi connectivity index (χ4n) is 2.68. The van der Waals surface area contributed by atoms with Crippen molar-refractivity contribution in [3.63, 3.8) is 0 Å². The van der Waals surface area contributed by atoms with E-state index < -0.39 is 0 Å². The van der Waals surface area contributed by atoms with Crippen molar-refractivity contribution in [1.29, 1.82) is 0 Å². The number of hydrogen-bond donors (Lipinski definition) is 1. The molecule has 2 heterocycles. The van der Waals surface area contributed by atoms with Crippen molar-refractivity contribution in [3.8, 4) is 0 Å². The molecule has 6 nitrogen and oxygen atoms in total.